The second kappa shape index (κ2) is 8.90. The second-order valence-electron chi connectivity index (χ2n) is 5.72. The highest BCUT2D eigenvalue weighted by molar-refractivity contribution is 8.04. The largest absolute Gasteiger partial charge is 0.488 e. The van der Waals surface area contributed by atoms with Gasteiger partial charge in [0.25, 0.3) is 0 Å². The number of aryl methyl sites for hydroxylation is 1. The number of nitrogens with one attached hydrogen (secondary N) is 1. The molecule has 0 aliphatic carbocycles. The smallest absolute Gasteiger partial charge is 0.342 e. The van der Waals surface area contributed by atoms with Crippen molar-refractivity contribution in [3.8, 4) is 5.75 Å². The Hall–Kier alpha value is -2.84. The van der Waals surface area contributed by atoms with E-state index in [0.29, 0.717) is 27.3 Å². The van der Waals surface area contributed by atoms with Gasteiger partial charge in [0.15, 0.2) is 0 Å². The van der Waals surface area contributed by atoms with Crippen LogP contribution in [0.15, 0.2) is 52.5 Å². The number of thioether (sulfide) groups is 1. The number of nitrogens with zero attached hydrogens (tertiary/aromatic N) is 2. The van der Waals surface area contributed by atoms with Crippen LogP contribution >= 0.6 is 23.4 Å². The lowest BCUT2D eigenvalue weighted by molar-refractivity contribution is -0.131. The molecule has 2 aromatic carbocycles. The summed E-state index contributed by atoms with van der Waals surface area (Å²) in [6.45, 7) is 1.91. The number of carboxylic acids is 1. The van der Waals surface area contributed by atoms with Crippen molar-refractivity contribution in [1.29, 1.82) is 0 Å². The first-order valence-electron chi connectivity index (χ1n) is 8.09. The molecule has 0 aliphatic rings. The van der Waals surface area contributed by atoms with E-state index in [4.69, 9.17) is 16.3 Å². The summed E-state index contributed by atoms with van der Waals surface area (Å²) in [5.41, 5.74) is 1.27. The van der Waals surface area contributed by atoms with Gasteiger partial charge >= 0.3 is 5.97 Å². The van der Waals surface area contributed by atoms with Crippen LogP contribution in [-0.4, -0.2) is 26.3 Å². The number of hydrogen-bond acceptors (Lipinski definition) is 5. The minimum atomic E-state index is -1.13. The first-order valence-corrected chi connectivity index (χ1v) is 9.29. The molecule has 9 heteroatoms. The molecule has 3 rings (SSSR count). The van der Waals surface area contributed by atoms with Gasteiger partial charge in [0.1, 0.15) is 28.9 Å². The Morgan fingerprint density at radius 2 is 2.07 bits per heavy atom. The Morgan fingerprint density at radius 1 is 1.32 bits per heavy atom. The number of aliphatic carboxylic acids is 1. The van der Waals surface area contributed by atoms with Crippen LogP contribution in [0.25, 0.3) is 6.08 Å². The van der Waals surface area contributed by atoms with Crippen LogP contribution in [0.2, 0.25) is 5.02 Å². The zero-order valence-electron chi connectivity index (χ0n) is 14.6. The number of benzene rings is 2. The standard InChI is InChI=1S/C19H15ClFN3O3S/c1-11-22-19(24-23-11)28-17(18(25)26)9-13-8-14(20)4-7-16(13)27-10-12-2-5-15(21)6-3-12/h2-9H,10H2,1H3,(H,25,26)(H,22,23,24)/b17-9-. The highest BCUT2D eigenvalue weighted by Gasteiger charge is 2.15. The molecular weight excluding hydrogens is 405 g/mol. The van der Waals surface area contributed by atoms with Gasteiger partial charge in [-0.05, 0) is 60.7 Å². The zero-order chi connectivity index (χ0) is 20.1. The van der Waals surface area contributed by atoms with E-state index in [1.165, 1.54) is 18.2 Å². The molecule has 1 heterocycles. The number of aromatic nitrogens is 3. The van der Waals surface area contributed by atoms with Crippen LogP contribution in [0.1, 0.15) is 17.0 Å². The topological polar surface area (TPSA) is 88.1 Å². The predicted molar refractivity (Wildman–Crippen MR) is 105 cm³/mol. The Labute approximate surface area is 169 Å². The molecule has 0 saturated heterocycles. The van der Waals surface area contributed by atoms with Gasteiger partial charge in [0.05, 0.1) is 0 Å². The number of rotatable bonds is 7. The number of carboxylic acid groups (broad SMARTS) is 1. The van der Waals surface area contributed by atoms with E-state index in [0.717, 1.165) is 17.3 Å². The normalized spacial score (nSPS) is 11.5. The van der Waals surface area contributed by atoms with Crippen LogP contribution in [0.5, 0.6) is 5.75 Å². The van der Waals surface area contributed by atoms with Crippen molar-refractivity contribution in [2.24, 2.45) is 0 Å². The van der Waals surface area contributed by atoms with Gasteiger partial charge in [-0.1, -0.05) is 23.7 Å². The molecule has 1 aromatic heterocycles. The van der Waals surface area contributed by atoms with Crippen molar-refractivity contribution >= 4 is 35.4 Å². The Bertz CT molecular complexity index is 1020. The average molecular weight is 420 g/mol. The van der Waals surface area contributed by atoms with Crippen molar-refractivity contribution in [2.45, 2.75) is 18.7 Å². The molecule has 0 fully saturated rings. The summed E-state index contributed by atoms with van der Waals surface area (Å²) in [4.78, 5) is 15.8. The Balaban J connectivity index is 1.86. The first kappa shape index (κ1) is 19.9. The molecule has 0 bridgehead atoms. The number of carbonyl (C=O) groups is 1. The molecule has 0 radical (unpaired) electrons. The number of aromatic amines is 1. The van der Waals surface area contributed by atoms with Crippen molar-refractivity contribution in [3.63, 3.8) is 0 Å². The quantitative estimate of drug-likeness (QED) is 0.426. The summed E-state index contributed by atoms with van der Waals surface area (Å²) in [7, 11) is 0. The van der Waals surface area contributed by atoms with Gasteiger partial charge in [-0.15, -0.1) is 5.10 Å². The van der Waals surface area contributed by atoms with Crippen molar-refractivity contribution in [3.05, 3.63) is 75.2 Å². The summed E-state index contributed by atoms with van der Waals surface area (Å²) < 4.78 is 18.8. The van der Waals surface area contributed by atoms with Gasteiger partial charge in [-0.2, -0.15) is 0 Å². The van der Waals surface area contributed by atoms with Crippen molar-refractivity contribution in [1.82, 2.24) is 15.2 Å². The highest BCUT2D eigenvalue weighted by Crippen LogP contribution is 2.31. The molecule has 3 aromatic rings. The minimum Gasteiger partial charge on any atom is -0.488 e. The van der Waals surface area contributed by atoms with Crippen molar-refractivity contribution < 1.29 is 19.0 Å². The lowest BCUT2D eigenvalue weighted by Gasteiger charge is -2.11. The average Bonchev–Trinajstić information content (AvgIpc) is 3.06. The fraction of sp³-hybridized carbons (Fsp3) is 0.105. The van der Waals surface area contributed by atoms with Gasteiger partial charge < -0.3 is 9.84 Å². The van der Waals surface area contributed by atoms with Crippen LogP contribution in [-0.2, 0) is 11.4 Å². The Kier molecular flexibility index (Phi) is 6.33. The molecule has 2 N–H and O–H groups in total. The van der Waals surface area contributed by atoms with E-state index in [1.807, 2.05) is 0 Å². The first-order chi connectivity index (χ1) is 13.4. The third kappa shape index (κ3) is 5.34. The molecule has 0 saturated carbocycles. The van der Waals surface area contributed by atoms with E-state index in [2.05, 4.69) is 15.2 Å². The number of H-pyrrole nitrogens is 1. The summed E-state index contributed by atoms with van der Waals surface area (Å²) in [5.74, 6) is -0.432. The fourth-order valence-corrected chi connectivity index (χ4v) is 3.17. The van der Waals surface area contributed by atoms with Gasteiger partial charge in [-0.25, -0.2) is 14.2 Å². The van der Waals surface area contributed by atoms with E-state index < -0.39 is 5.97 Å². The predicted octanol–water partition coefficient (Wildman–Crippen LogP) is 4.70. The number of ether oxygens (including phenoxy) is 1. The molecule has 0 unspecified atom stereocenters. The summed E-state index contributed by atoms with van der Waals surface area (Å²) in [6.07, 6.45) is 1.45. The maximum atomic E-state index is 13.0. The Morgan fingerprint density at radius 3 is 2.71 bits per heavy atom. The SMILES string of the molecule is Cc1nc(S/C(=C\c2cc(Cl)ccc2OCc2ccc(F)cc2)C(=O)O)n[nH]1. The number of hydrogen-bond donors (Lipinski definition) is 2. The van der Waals surface area contributed by atoms with Gasteiger partial charge in [-0.3, -0.25) is 5.10 Å². The third-order valence-electron chi connectivity index (χ3n) is 3.55. The minimum absolute atomic E-state index is 0.00731. The lowest BCUT2D eigenvalue weighted by Crippen LogP contribution is -2.00. The third-order valence-corrected chi connectivity index (χ3v) is 4.67. The van der Waals surface area contributed by atoms with Crippen LogP contribution in [0, 0.1) is 12.7 Å². The molecule has 28 heavy (non-hydrogen) atoms. The summed E-state index contributed by atoms with van der Waals surface area (Å²) in [5, 5.41) is 16.9. The lowest BCUT2D eigenvalue weighted by atomic mass is 10.2. The van der Waals surface area contributed by atoms with Crippen LogP contribution in [0.3, 0.4) is 0 Å². The zero-order valence-corrected chi connectivity index (χ0v) is 16.2. The van der Waals surface area contributed by atoms with E-state index in [9.17, 15) is 14.3 Å². The van der Waals surface area contributed by atoms with E-state index in [-0.39, 0.29) is 17.3 Å². The molecule has 6 nitrogen and oxygen atoms in total. The molecule has 0 aliphatic heterocycles. The fourth-order valence-electron chi connectivity index (χ4n) is 2.25. The summed E-state index contributed by atoms with van der Waals surface area (Å²) >= 11 is 6.98. The maximum Gasteiger partial charge on any atom is 0.342 e. The van der Waals surface area contributed by atoms with E-state index >= 15 is 0 Å². The molecule has 0 spiro atoms. The number of halogens is 2. The van der Waals surface area contributed by atoms with Crippen LogP contribution < -0.4 is 4.74 Å². The van der Waals surface area contributed by atoms with E-state index in [1.54, 1.807) is 37.3 Å². The van der Waals surface area contributed by atoms with Gasteiger partial charge in [0, 0.05) is 10.6 Å². The molecular formula is C19H15ClFN3O3S. The monoisotopic (exact) mass is 419 g/mol. The highest BCUT2D eigenvalue weighted by atomic mass is 35.5. The van der Waals surface area contributed by atoms with Crippen molar-refractivity contribution in [2.75, 3.05) is 0 Å². The summed E-state index contributed by atoms with van der Waals surface area (Å²) in [6, 6.07) is 10.8. The molecule has 0 amide bonds. The second-order valence-corrected chi connectivity index (χ2v) is 7.16. The van der Waals surface area contributed by atoms with Crippen LogP contribution in [0.4, 0.5) is 4.39 Å². The molecule has 0 atom stereocenters. The molecule has 144 valence electrons. The maximum absolute atomic E-state index is 13.0. The van der Waals surface area contributed by atoms with Gasteiger partial charge in [0.2, 0.25) is 5.16 Å².